The molecule has 2 aromatic carbocycles. The first-order chi connectivity index (χ1) is 10.9. The number of hydrogen-bond acceptors (Lipinski definition) is 0. The molecule has 0 nitrogen and oxygen atoms in total. The summed E-state index contributed by atoms with van der Waals surface area (Å²) in [4.78, 5) is 0. The zero-order chi connectivity index (χ0) is 17.0. The third-order valence-electron chi connectivity index (χ3n) is 3.54. The maximum atomic E-state index is 3.85. The van der Waals surface area contributed by atoms with Crippen LogP contribution in [0.25, 0.3) is 8.96 Å². The van der Waals surface area contributed by atoms with Crippen LogP contribution >= 0.6 is 63.7 Å². The highest BCUT2D eigenvalue weighted by atomic mass is 79.9. The summed E-state index contributed by atoms with van der Waals surface area (Å²) in [5.41, 5.74) is 2.35. The molecule has 0 aromatic heterocycles. The molecule has 0 aliphatic carbocycles. The number of rotatable bonds is 4. The van der Waals surface area contributed by atoms with E-state index in [2.05, 4.69) is 125 Å². The molecule has 0 N–H and O–H groups in total. The second-order valence-corrected chi connectivity index (χ2v) is 14.5. The average Bonchev–Trinajstić information content (AvgIpc) is 2.60. The zero-order valence-electron chi connectivity index (χ0n) is 12.8. The lowest BCUT2D eigenvalue weighted by Gasteiger charge is -2.25. The van der Waals surface area contributed by atoms with Crippen LogP contribution in [-0.4, -0.2) is 8.07 Å². The first-order valence-electron chi connectivity index (χ1n) is 7.08. The van der Waals surface area contributed by atoms with Crippen LogP contribution in [0.5, 0.6) is 0 Å². The van der Waals surface area contributed by atoms with Crippen molar-refractivity contribution >= 4 is 80.8 Å². The second-order valence-electron chi connectivity index (χ2n) is 5.61. The van der Waals surface area contributed by atoms with Gasteiger partial charge >= 0.3 is 0 Å². The third kappa shape index (κ3) is 4.57. The van der Waals surface area contributed by atoms with Gasteiger partial charge in [-0.2, -0.15) is 0 Å². The Morgan fingerprint density at radius 1 is 0.609 bits per heavy atom. The number of benzene rings is 2. The van der Waals surface area contributed by atoms with Crippen molar-refractivity contribution in [2.45, 2.75) is 13.1 Å². The normalized spacial score (nSPS) is 14.2. The summed E-state index contributed by atoms with van der Waals surface area (Å²) < 4.78 is 4.66. The number of halogens is 4. The van der Waals surface area contributed by atoms with Gasteiger partial charge in [0, 0.05) is 17.2 Å². The van der Waals surface area contributed by atoms with Crippen LogP contribution in [0.15, 0.2) is 68.9 Å². The van der Waals surface area contributed by atoms with E-state index in [1.54, 1.807) is 0 Å². The van der Waals surface area contributed by atoms with Gasteiger partial charge in [0.05, 0.1) is 0 Å². The van der Waals surface area contributed by atoms with Crippen molar-refractivity contribution in [3.63, 3.8) is 0 Å². The van der Waals surface area contributed by atoms with E-state index >= 15 is 0 Å². The highest BCUT2D eigenvalue weighted by Crippen LogP contribution is 2.43. The highest BCUT2D eigenvalue weighted by Gasteiger charge is 2.32. The summed E-state index contributed by atoms with van der Waals surface area (Å²) in [7, 11) is -1.90. The van der Waals surface area contributed by atoms with Gasteiger partial charge in [-0.05, 0) is 43.0 Å². The van der Waals surface area contributed by atoms with Crippen molar-refractivity contribution in [2.75, 3.05) is 0 Å². The fraction of sp³-hybridized carbons (Fsp3) is 0.111. The van der Waals surface area contributed by atoms with E-state index in [9.17, 15) is 0 Å². The van der Waals surface area contributed by atoms with Crippen LogP contribution in [0.2, 0.25) is 13.1 Å². The molecule has 0 amide bonds. The van der Waals surface area contributed by atoms with Gasteiger partial charge in [-0.1, -0.05) is 106 Å². The van der Waals surface area contributed by atoms with Gasteiger partial charge in [-0.25, -0.2) is 0 Å². The van der Waals surface area contributed by atoms with E-state index in [-0.39, 0.29) is 0 Å². The molecule has 0 saturated carbocycles. The molecular weight excluding hydrogens is 564 g/mol. The molecule has 0 saturated heterocycles. The SMILES string of the molecule is C[Si](C)(C(Br)=C(Br)c1ccccc1)C(Br)=C(Br)c1ccccc1. The van der Waals surface area contributed by atoms with E-state index in [0.717, 1.165) is 8.96 Å². The quantitative estimate of drug-likeness (QED) is 0.321. The van der Waals surface area contributed by atoms with Gasteiger partial charge < -0.3 is 0 Å². The fourth-order valence-corrected chi connectivity index (χ4v) is 9.59. The maximum Gasteiger partial charge on any atom is 0.132 e. The maximum absolute atomic E-state index is 3.85. The molecule has 2 rings (SSSR count). The van der Waals surface area contributed by atoms with Crippen LogP contribution in [-0.2, 0) is 0 Å². The van der Waals surface area contributed by atoms with E-state index in [1.807, 2.05) is 12.1 Å². The van der Waals surface area contributed by atoms with E-state index < -0.39 is 8.07 Å². The Morgan fingerprint density at radius 3 is 1.22 bits per heavy atom. The van der Waals surface area contributed by atoms with Gasteiger partial charge in [-0.15, -0.1) is 0 Å². The largest absolute Gasteiger partial charge is 0.132 e. The molecule has 0 aliphatic rings. The highest BCUT2D eigenvalue weighted by molar-refractivity contribution is 9.17. The lowest BCUT2D eigenvalue weighted by atomic mass is 10.2. The van der Waals surface area contributed by atoms with Crippen molar-refractivity contribution < 1.29 is 0 Å². The predicted molar refractivity (Wildman–Crippen MR) is 120 cm³/mol. The lowest BCUT2D eigenvalue weighted by molar-refractivity contribution is 1.64. The Bertz CT molecular complexity index is 671. The summed E-state index contributed by atoms with van der Waals surface area (Å²) in [6, 6.07) is 20.7. The minimum atomic E-state index is -1.90. The van der Waals surface area contributed by atoms with Gasteiger partial charge in [0.2, 0.25) is 0 Å². The molecule has 23 heavy (non-hydrogen) atoms. The summed E-state index contributed by atoms with van der Waals surface area (Å²) in [5.74, 6) is 0. The minimum absolute atomic E-state index is 1.11. The average molecular weight is 580 g/mol. The van der Waals surface area contributed by atoms with Crippen molar-refractivity contribution in [1.82, 2.24) is 0 Å². The summed E-state index contributed by atoms with van der Waals surface area (Å²) >= 11 is 15.2. The molecular formula is C18H16Br4Si. The molecule has 0 aliphatic heterocycles. The van der Waals surface area contributed by atoms with Crippen molar-refractivity contribution in [3.05, 3.63) is 80.0 Å². The molecule has 0 spiro atoms. The van der Waals surface area contributed by atoms with Crippen molar-refractivity contribution in [2.24, 2.45) is 0 Å². The minimum Gasteiger partial charge on any atom is -0.0622 e. The van der Waals surface area contributed by atoms with Crippen molar-refractivity contribution in [3.8, 4) is 0 Å². The zero-order valence-corrected chi connectivity index (χ0v) is 20.1. The molecule has 0 atom stereocenters. The molecule has 0 fully saturated rings. The molecule has 2 aromatic rings. The molecule has 5 heteroatoms. The Morgan fingerprint density at radius 2 is 0.913 bits per heavy atom. The molecule has 120 valence electrons. The third-order valence-corrected chi connectivity index (χ3v) is 16.5. The first kappa shape index (κ1) is 19.4. The van der Waals surface area contributed by atoms with Crippen LogP contribution < -0.4 is 0 Å². The fourth-order valence-electron chi connectivity index (χ4n) is 2.07. The first-order valence-corrected chi connectivity index (χ1v) is 13.2. The number of hydrogen-bond donors (Lipinski definition) is 0. The standard InChI is InChI=1S/C18H16Br4Si/c1-23(2,17(21)15(19)13-9-5-3-6-10-13)18(22)16(20)14-11-7-4-8-12-14/h3-12H,1-2H3. The van der Waals surface area contributed by atoms with Gasteiger partial charge in [0.15, 0.2) is 0 Å². The molecule has 0 heterocycles. The van der Waals surface area contributed by atoms with E-state index in [4.69, 9.17) is 0 Å². The molecule has 0 unspecified atom stereocenters. The van der Waals surface area contributed by atoms with E-state index in [0.29, 0.717) is 0 Å². The molecule has 0 radical (unpaired) electrons. The van der Waals surface area contributed by atoms with Crippen LogP contribution in [0.1, 0.15) is 11.1 Å². The summed E-state index contributed by atoms with van der Waals surface area (Å²) in [6.07, 6.45) is 0. The monoisotopic (exact) mass is 576 g/mol. The van der Waals surface area contributed by atoms with Crippen LogP contribution in [0, 0.1) is 0 Å². The van der Waals surface area contributed by atoms with E-state index in [1.165, 1.54) is 19.3 Å². The van der Waals surface area contributed by atoms with Gasteiger partial charge in [0.25, 0.3) is 0 Å². The second kappa shape index (κ2) is 8.43. The Balaban J connectivity index is 2.48. The Kier molecular flexibility index (Phi) is 7.11. The molecule has 0 bridgehead atoms. The van der Waals surface area contributed by atoms with Crippen LogP contribution in [0.4, 0.5) is 0 Å². The lowest BCUT2D eigenvalue weighted by Crippen LogP contribution is -2.28. The summed E-state index contributed by atoms with van der Waals surface area (Å²) in [6.45, 7) is 4.63. The Hall–Kier alpha value is 0.0569. The summed E-state index contributed by atoms with van der Waals surface area (Å²) in [5, 5.41) is 0. The van der Waals surface area contributed by atoms with Gasteiger partial charge in [0.1, 0.15) is 8.07 Å². The topological polar surface area (TPSA) is 0 Å². The van der Waals surface area contributed by atoms with Crippen LogP contribution in [0.3, 0.4) is 0 Å². The Labute approximate surface area is 172 Å². The van der Waals surface area contributed by atoms with Gasteiger partial charge in [-0.3, -0.25) is 0 Å². The predicted octanol–water partition coefficient (Wildman–Crippen LogP) is 8.09. The van der Waals surface area contributed by atoms with Crippen molar-refractivity contribution in [1.29, 1.82) is 0 Å². The smallest absolute Gasteiger partial charge is 0.0622 e.